The number of benzene rings is 1. The van der Waals surface area contributed by atoms with Crippen molar-refractivity contribution < 1.29 is 14.3 Å². The average molecular weight is 314 g/mol. The summed E-state index contributed by atoms with van der Waals surface area (Å²) in [5, 5.41) is 3.78. The number of carbonyl (C=O) groups is 2. The molecule has 0 atom stereocenters. The number of carbonyl (C=O) groups excluding carboxylic acids is 2. The Bertz CT molecular complexity index is 684. The number of H-pyrrole nitrogens is 1. The van der Waals surface area contributed by atoms with Crippen LogP contribution in [-0.2, 0) is 9.53 Å². The average Bonchev–Trinajstić information content (AvgIpc) is 2.83. The van der Waals surface area contributed by atoms with E-state index in [-0.39, 0.29) is 18.6 Å². The van der Waals surface area contributed by atoms with Gasteiger partial charge in [0, 0.05) is 23.1 Å². The number of hydrogen-bond donors (Lipinski definition) is 2. The van der Waals surface area contributed by atoms with Crippen LogP contribution in [0.25, 0.3) is 10.9 Å². The van der Waals surface area contributed by atoms with Crippen molar-refractivity contribution in [1.82, 2.24) is 10.3 Å². The van der Waals surface area contributed by atoms with Gasteiger partial charge in [-0.1, -0.05) is 43.9 Å². The van der Waals surface area contributed by atoms with Crippen molar-refractivity contribution >= 4 is 22.8 Å². The van der Waals surface area contributed by atoms with Crippen LogP contribution < -0.4 is 5.32 Å². The molecule has 23 heavy (non-hydrogen) atoms. The van der Waals surface area contributed by atoms with E-state index >= 15 is 0 Å². The van der Waals surface area contributed by atoms with Gasteiger partial charge in [0.15, 0.2) is 6.61 Å². The van der Waals surface area contributed by atoms with Crippen molar-refractivity contribution in [2.75, 3.05) is 6.61 Å². The topological polar surface area (TPSA) is 71.2 Å². The van der Waals surface area contributed by atoms with Gasteiger partial charge < -0.3 is 15.0 Å². The third kappa shape index (κ3) is 3.92. The summed E-state index contributed by atoms with van der Waals surface area (Å²) >= 11 is 0. The third-order valence-electron chi connectivity index (χ3n) is 4.36. The zero-order valence-corrected chi connectivity index (χ0v) is 13.1. The quantitative estimate of drug-likeness (QED) is 0.672. The van der Waals surface area contributed by atoms with Crippen LogP contribution in [0.2, 0.25) is 0 Å². The lowest BCUT2D eigenvalue weighted by Crippen LogP contribution is -2.37. The van der Waals surface area contributed by atoms with E-state index in [1.54, 1.807) is 6.20 Å². The van der Waals surface area contributed by atoms with Crippen LogP contribution in [0.3, 0.4) is 0 Å². The minimum atomic E-state index is -0.474. The lowest BCUT2D eigenvalue weighted by molar-refractivity contribution is -0.125. The molecule has 1 saturated carbocycles. The van der Waals surface area contributed by atoms with Crippen molar-refractivity contribution in [3.8, 4) is 0 Å². The van der Waals surface area contributed by atoms with E-state index < -0.39 is 5.97 Å². The van der Waals surface area contributed by atoms with Gasteiger partial charge in [0.25, 0.3) is 5.91 Å². The summed E-state index contributed by atoms with van der Waals surface area (Å²) in [6.07, 6.45) is 8.43. The maximum atomic E-state index is 12.1. The fourth-order valence-corrected chi connectivity index (χ4v) is 3.14. The Hall–Kier alpha value is -2.30. The van der Waals surface area contributed by atoms with Crippen molar-refractivity contribution in [3.63, 3.8) is 0 Å². The molecule has 2 N–H and O–H groups in total. The molecule has 1 aliphatic rings. The number of aromatic amines is 1. The molecule has 0 aliphatic heterocycles. The molecule has 1 aromatic carbocycles. The molecule has 1 aliphatic carbocycles. The second-order valence-electron chi connectivity index (χ2n) is 6.08. The lowest BCUT2D eigenvalue weighted by Gasteiger charge is -2.16. The number of amides is 1. The molecule has 1 amide bonds. The Kier molecular flexibility index (Phi) is 4.95. The first-order valence-corrected chi connectivity index (χ1v) is 8.26. The largest absolute Gasteiger partial charge is 0.452 e. The molecule has 5 nitrogen and oxygen atoms in total. The van der Waals surface area contributed by atoms with Crippen LogP contribution in [0.4, 0.5) is 0 Å². The number of hydrogen-bond acceptors (Lipinski definition) is 3. The molecule has 2 aromatic rings. The van der Waals surface area contributed by atoms with Gasteiger partial charge in [-0.2, -0.15) is 0 Å². The number of para-hydroxylation sites is 1. The number of ether oxygens (including phenoxy) is 1. The van der Waals surface area contributed by atoms with Gasteiger partial charge in [0.1, 0.15) is 0 Å². The summed E-state index contributed by atoms with van der Waals surface area (Å²) in [6, 6.07) is 7.73. The van der Waals surface area contributed by atoms with Gasteiger partial charge in [-0.3, -0.25) is 4.79 Å². The molecular weight excluding hydrogens is 292 g/mol. The zero-order chi connectivity index (χ0) is 16.1. The second kappa shape index (κ2) is 7.31. The van der Waals surface area contributed by atoms with Gasteiger partial charge in [0.2, 0.25) is 0 Å². The van der Waals surface area contributed by atoms with Gasteiger partial charge in [-0.05, 0) is 18.9 Å². The molecular formula is C18H22N2O3. The molecule has 122 valence electrons. The highest BCUT2D eigenvalue weighted by Crippen LogP contribution is 2.19. The molecule has 0 spiro atoms. The molecule has 1 fully saturated rings. The van der Waals surface area contributed by atoms with Gasteiger partial charge in [-0.25, -0.2) is 4.79 Å². The molecule has 1 aromatic heterocycles. The summed E-state index contributed by atoms with van der Waals surface area (Å²) in [5.74, 6) is -0.691. The second-order valence-corrected chi connectivity index (χ2v) is 6.08. The summed E-state index contributed by atoms with van der Waals surface area (Å²) in [5.41, 5.74) is 1.34. The zero-order valence-electron chi connectivity index (χ0n) is 13.1. The van der Waals surface area contributed by atoms with Crippen molar-refractivity contribution in [3.05, 3.63) is 36.0 Å². The number of esters is 1. The molecule has 0 unspecified atom stereocenters. The minimum absolute atomic E-state index is 0.218. The van der Waals surface area contributed by atoms with E-state index in [0.29, 0.717) is 5.56 Å². The number of aromatic nitrogens is 1. The Balaban J connectivity index is 1.53. The summed E-state index contributed by atoms with van der Waals surface area (Å²) < 4.78 is 5.16. The Morgan fingerprint density at radius 3 is 2.65 bits per heavy atom. The first kappa shape index (κ1) is 15.6. The van der Waals surface area contributed by atoms with Crippen molar-refractivity contribution in [2.24, 2.45) is 0 Å². The van der Waals surface area contributed by atoms with Gasteiger partial charge >= 0.3 is 5.97 Å². The molecule has 0 bridgehead atoms. The van der Waals surface area contributed by atoms with Crippen LogP contribution in [-0.4, -0.2) is 29.5 Å². The number of fused-ring (bicyclic) bond motifs is 1. The first-order chi connectivity index (χ1) is 11.2. The molecule has 3 rings (SSSR count). The monoisotopic (exact) mass is 314 g/mol. The number of nitrogens with one attached hydrogen (secondary N) is 2. The van der Waals surface area contributed by atoms with Crippen LogP contribution in [0.5, 0.6) is 0 Å². The SMILES string of the molecule is O=C(COC(=O)c1c[nH]c2ccccc12)NC1CCCCCC1. The summed E-state index contributed by atoms with van der Waals surface area (Å²) in [6.45, 7) is -0.227. The highest BCUT2D eigenvalue weighted by atomic mass is 16.5. The number of rotatable bonds is 4. The van der Waals surface area contributed by atoms with Crippen LogP contribution >= 0.6 is 0 Å². The van der Waals surface area contributed by atoms with E-state index in [9.17, 15) is 9.59 Å². The predicted molar refractivity (Wildman–Crippen MR) is 88.2 cm³/mol. The van der Waals surface area contributed by atoms with E-state index in [1.165, 1.54) is 12.8 Å². The van der Waals surface area contributed by atoms with E-state index in [0.717, 1.165) is 36.6 Å². The smallest absolute Gasteiger partial charge is 0.340 e. The molecule has 1 heterocycles. The predicted octanol–water partition coefficient (Wildman–Crippen LogP) is 3.16. The van der Waals surface area contributed by atoms with E-state index in [4.69, 9.17) is 4.74 Å². The van der Waals surface area contributed by atoms with Crippen molar-refractivity contribution in [1.29, 1.82) is 0 Å². The summed E-state index contributed by atoms with van der Waals surface area (Å²) in [4.78, 5) is 27.1. The third-order valence-corrected chi connectivity index (χ3v) is 4.36. The van der Waals surface area contributed by atoms with Crippen LogP contribution in [0.15, 0.2) is 30.5 Å². The molecule has 5 heteroatoms. The minimum Gasteiger partial charge on any atom is -0.452 e. The lowest BCUT2D eigenvalue weighted by atomic mass is 10.1. The van der Waals surface area contributed by atoms with Crippen LogP contribution in [0, 0.1) is 0 Å². The molecule has 0 radical (unpaired) electrons. The standard InChI is InChI=1S/C18H22N2O3/c21-17(20-13-7-3-1-2-4-8-13)12-23-18(22)15-11-19-16-10-6-5-9-14(15)16/h5-6,9-11,13,19H,1-4,7-8,12H2,(H,20,21). The maximum Gasteiger partial charge on any atom is 0.340 e. The molecule has 0 saturated heterocycles. The first-order valence-electron chi connectivity index (χ1n) is 8.26. The highest BCUT2D eigenvalue weighted by molar-refractivity contribution is 6.04. The maximum absolute atomic E-state index is 12.1. The van der Waals surface area contributed by atoms with E-state index in [2.05, 4.69) is 10.3 Å². The Labute approximate surface area is 135 Å². The van der Waals surface area contributed by atoms with E-state index in [1.807, 2.05) is 24.3 Å². The Morgan fingerprint density at radius 2 is 1.87 bits per heavy atom. The highest BCUT2D eigenvalue weighted by Gasteiger charge is 2.17. The van der Waals surface area contributed by atoms with Gasteiger partial charge in [0.05, 0.1) is 5.56 Å². The fraction of sp³-hybridized carbons (Fsp3) is 0.444. The van der Waals surface area contributed by atoms with Crippen molar-refractivity contribution in [2.45, 2.75) is 44.6 Å². The Morgan fingerprint density at radius 1 is 1.13 bits per heavy atom. The summed E-state index contributed by atoms with van der Waals surface area (Å²) in [7, 11) is 0. The van der Waals surface area contributed by atoms with Crippen LogP contribution in [0.1, 0.15) is 48.9 Å². The normalized spacial score (nSPS) is 16.0. The fourth-order valence-electron chi connectivity index (χ4n) is 3.14. The van der Waals surface area contributed by atoms with Gasteiger partial charge in [-0.15, -0.1) is 0 Å².